The Kier molecular flexibility index (Phi) is 4.86. The SMILES string of the molecule is CNCCCNc1cccc(Br)c1. The van der Waals surface area contributed by atoms with Gasteiger partial charge in [-0.25, -0.2) is 0 Å². The van der Waals surface area contributed by atoms with E-state index < -0.39 is 0 Å². The number of anilines is 1. The summed E-state index contributed by atoms with van der Waals surface area (Å²) in [6, 6.07) is 8.22. The minimum atomic E-state index is 1.01. The maximum absolute atomic E-state index is 3.43. The maximum Gasteiger partial charge on any atom is 0.0351 e. The Bertz CT molecular complexity index is 250. The van der Waals surface area contributed by atoms with Crippen LogP contribution in [0, 0.1) is 0 Å². The van der Waals surface area contributed by atoms with E-state index in [-0.39, 0.29) is 0 Å². The summed E-state index contributed by atoms with van der Waals surface area (Å²) in [5.74, 6) is 0. The minimum Gasteiger partial charge on any atom is -0.385 e. The van der Waals surface area contributed by atoms with Crippen LogP contribution in [0.5, 0.6) is 0 Å². The van der Waals surface area contributed by atoms with Crippen molar-refractivity contribution in [2.24, 2.45) is 0 Å². The number of benzene rings is 1. The molecule has 2 N–H and O–H groups in total. The van der Waals surface area contributed by atoms with E-state index in [1.807, 2.05) is 19.2 Å². The molecule has 13 heavy (non-hydrogen) atoms. The molecule has 72 valence electrons. The van der Waals surface area contributed by atoms with Gasteiger partial charge in [0.15, 0.2) is 0 Å². The lowest BCUT2D eigenvalue weighted by Crippen LogP contribution is -2.12. The molecule has 2 nitrogen and oxygen atoms in total. The average Bonchev–Trinajstić information content (AvgIpc) is 2.13. The van der Waals surface area contributed by atoms with E-state index in [1.54, 1.807) is 0 Å². The van der Waals surface area contributed by atoms with Gasteiger partial charge in [0.2, 0.25) is 0 Å². The largest absolute Gasteiger partial charge is 0.385 e. The predicted molar refractivity (Wildman–Crippen MR) is 61.2 cm³/mol. The Labute approximate surface area is 87.9 Å². The van der Waals surface area contributed by atoms with Gasteiger partial charge in [-0.1, -0.05) is 22.0 Å². The number of hydrogen-bond donors (Lipinski definition) is 2. The third-order valence-corrected chi connectivity index (χ3v) is 2.25. The van der Waals surface area contributed by atoms with Crippen molar-refractivity contribution in [2.45, 2.75) is 6.42 Å². The molecule has 0 atom stereocenters. The molecule has 0 aromatic heterocycles. The predicted octanol–water partition coefficient (Wildman–Crippen LogP) is 2.47. The summed E-state index contributed by atoms with van der Waals surface area (Å²) in [4.78, 5) is 0. The lowest BCUT2D eigenvalue weighted by atomic mass is 10.3. The van der Waals surface area contributed by atoms with Crippen molar-refractivity contribution >= 4 is 21.6 Å². The van der Waals surface area contributed by atoms with Crippen molar-refractivity contribution in [2.75, 3.05) is 25.5 Å². The Hall–Kier alpha value is -0.540. The van der Waals surface area contributed by atoms with E-state index in [0.29, 0.717) is 0 Å². The number of halogens is 1. The molecule has 0 aliphatic heterocycles. The Morgan fingerprint density at radius 3 is 2.85 bits per heavy atom. The standard InChI is InChI=1S/C10H15BrN2/c1-12-6-3-7-13-10-5-2-4-9(11)8-10/h2,4-5,8,12-13H,3,6-7H2,1H3. The first kappa shape index (κ1) is 10.5. The van der Waals surface area contributed by atoms with Crippen LogP contribution >= 0.6 is 15.9 Å². The van der Waals surface area contributed by atoms with Gasteiger partial charge in [-0.15, -0.1) is 0 Å². The monoisotopic (exact) mass is 242 g/mol. The lowest BCUT2D eigenvalue weighted by molar-refractivity contribution is 0.748. The van der Waals surface area contributed by atoms with Gasteiger partial charge in [0, 0.05) is 16.7 Å². The second kappa shape index (κ2) is 6.00. The molecule has 0 aliphatic rings. The van der Waals surface area contributed by atoms with E-state index in [0.717, 1.165) is 24.0 Å². The molecule has 3 heteroatoms. The van der Waals surface area contributed by atoms with Crippen LogP contribution in [0.15, 0.2) is 28.7 Å². The second-order valence-electron chi connectivity index (χ2n) is 2.89. The molecule has 0 fully saturated rings. The van der Waals surface area contributed by atoms with E-state index in [9.17, 15) is 0 Å². The summed E-state index contributed by atoms with van der Waals surface area (Å²) >= 11 is 3.43. The number of nitrogens with one attached hydrogen (secondary N) is 2. The smallest absolute Gasteiger partial charge is 0.0351 e. The topological polar surface area (TPSA) is 24.1 Å². The molecular weight excluding hydrogens is 228 g/mol. The van der Waals surface area contributed by atoms with Gasteiger partial charge in [0.05, 0.1) is 0 Å². The zero-order valence-electron chi connectivity index (χ0n) is 7.81. The molecule has 1 aromatic rings. The van der Waals surface area contributed by atoms with Crippen molar-refractivity contribution in [3.63, 3.8) is 0 Å². The molecular formula is C10H15BrN2. The molecule has 0 aliphatic carbocycles. The molecule has 0 saturated heterocycles. The van der Waals surface area contributed by atoms with Crippen LogP contribution in [-0.4, -0.2) is 20.1 Å². The highest BCUT2D eigenvalue weighted by atomic mass is 79.9. The van der Waals surface area contributed by atoms with Crippen LogP contribution in [0.4, 0.5) is 5.69 Å². The first-order valence-corrected chi connectivity index (χ1v) is 5.26. The molecule has 0 amide bonds. The van der Waals surface area contributed by atoms with Crippen molar-refractivity contribution in [1.82, 2.24) is 5.32 Å². The van der Waals surface area contributed by atoms with Crippen LogP contribution < -0.4 is 10.6 Å². The molecule has 0 saturated carbocycles. The zero-order valence-corrected chi connectivity index (χ0v) is 9.39. The third kappa shape index (κ3) is 4.29. The maximum atomic E-state index is 3.43. The summed E-state index contributed by atoms with van der Waals surface area (Å²) in [5, 5.41) is 6.47. The number of hydrogen-bond acceptors (Lipinski definition) is 2. The first-order chi connectivity index (χ1) is 6.33. The fourth-order valence-corrected chi connectivity index (χ4v) is 1.50. The van der Waals surface area contributed by atoms with Gasteiger partial charge in [-0.2, -0.15) is 0 Å². The molecule has 0 heterocycles. The van der Waals surface area contributed by atoms with Crippen molar-refractivity contribution in [3.8, 4) is 0 Å². The van der Waals surface area contributed by atoms with Crippen LogP contribution in [0.1, 0.15) is 6.42 Å². The summed E-state index contributed by atoms with van der Waals surface area (Å²) in [6.45, 7) is 2.07. The van der Waals surface area contributed by atoms with Crippen molar-refractivity contribution in [1.29, 1.82) is 0 Å². The van der Waals surface area contributed by atoms with Gasteiger partial charge >= 0.3 is 0 Å². The van der Waals surface area contributed by atoms with E-state index in [2.05, 4.69) is 38.7 Å². The lowest BCUT2D eigenvalue weighted by Gasteiger charge is -2.05. The zero-order chi connectivity index (χ0) is 9.52. The average molecular weight is 243 g/mol. The molecule has 0 spiro atoms. The van der Waals surface area contributed by atoms with E-state index in [1.165, 1.54) is 5.69 Å². The van der Waals surface area contributed by atoms with Crippen molar-refractivity contribution in [3.05, 3.63) is 28.7 Å². The highest BCUT2D eigenvalue weighted by molar-refractivity contribution is 9.10. The molecule has 1 rings (SSSR count). The van der Waals surface area contributed by atoms with Crippen LogP contribution in [-0.2, 0) is 0 Å². The molecule has 1 aromatic carbocycles. The Morgan fingerprint density at radius 1 is 1.31 bits per heavy atom. The quantitative estimate of drug-likeness (QED) is 0.776. The summed E-state index contributed by atoms with van der Waals surface area (Å²) in [5.41, 5.74) is 1.17. The Morgan fingerprint density at radius 2 is 2.15 bits per heavy atom. The summed E-state index contributed by atoms with van der Waals surface area (Å²) in [6.07, 6.45) is 1.14. The Balaban J connectivity index is 2.28. The summed E-state index contributed by atoms with van der Waals surface area (Å²) < 4.78 is 1.12. The summed E-state index contributed by atoms with van der Waals surface area (Å²) in [7, 11) is 1.97. The minimum absolute atomic E-state index is 1.01. The van der Waals surface area contributed by atoms with Crippen LogP contribution in [0.2, 0.25) is 0 Å². The van der Waals surface area contributed by atoms with E-state index in [4.69, 9.17) is 0 Å². The third-order valence-electron chi connectivity index (χ3n) is 1.76. The molecule has 0 unspecified atom stereocenters. The van der Waals surface area contributed by atoms with Crippen molar-refractivity contribution < 1.29 is 0 Å². The fraction of sp³-hybridized carbons (Fsp3) is 0.400. The molecule has 0 bridgehead atoms. The van der Waals surface area contributed by atoms with E-state index >= 15 is 0 Å². The highest BCUT2D eigenvalue weighted by Gasteiger charge is 1.91. The van der Waals surface area contributed by atoms with Gasteiger partial charge in [-0.3, -0.25) is 0 Å². The fourth-order valence-electron chi connectivity index (χ4n) is 1.10. The number of rotatable bonds is 5. The van der Waals surface area contributed by atoms with Gasteiger partial charge in [0.1, 0.15) is 0 Å². The van der Waals surface area contributed by atoms with Crippen LogP contribution in [0.25, 0.3) is 0 Å². The highest BCUT2D eigenvalue weighted by Crippen LogP contribution is 2.15. The normalized spacial score (nSPS) is 10.0. The van der Waals surface area contributed by atoms with Crippen LogP contribution in [0.3, 0.4) is 0 Å². The van der Waals surface area contributed by atoms with Gasteiger partial charge in [-0.05, 0) is 38.2 Å². The second-order valence-corrected chi connectivity index (χ2v) is 3.81. The molecule has 0 radical (unpaired) electrons. The van der Waals surface area contributed by atoms with Gasteiger partial charge < -0.3 is 10.6 Å². The first-order valence-electron chi connectivity index (χ1n) is 4.47. The van der Waals surface area contributed by atoms with Gasteiger partial charge in [0.25, 0.3) is 0 Å².